The van der Waals surface area contributed by atoms with Gasteiger partial charge in [-0.3, -0.25) is 0 Å². The van der Waals surface area contributed by atoms with E-state index in [1.54, 1.807) is 0 Å². The quantitative estimate of drug-likeness (QED) is 0.598. The molecule has 18 heavy (non-hydrogen) atoms. The van der Waals surface area contributed by atoms with E-state index in [2.05, 4.69) is 4.74 Å². The Labute approximate surface area is 103 Å². The van der Waals surface area contributed by atoms with Gasteiger partial charge in [-0.1, -0.05) is 0 Å². The lowest BCUT2D eigenvalue weighted by molar-refractivity contribution is -0.131. The van der Waals surface area contributed by atoms with E-state index in [0.717, 1.165) is 7.11 Å². The molecule has 0 aliphatic carbocycles. The number of ether oxygens (including phenoxy) is 1. The molecular formula is C10H7ClF6O. The van der Waals surface area contributed by atoms with Crippen molar-refractivity contribution in [3.05, 3.63) is 29.3 Å². The van der Waals surface area contributed by atoms with E-state index in [1.807, 2.05) is 0 Å². The van der Waals surface area contributed by atoms with Crippen LogP contribution in [0.5, 0.6) is 5.75 Å². The molecule has 102 valence electrons. The van der Waals surface area contributed by atoms with Crippen LogP contribution in [-0.2, 0) is 0 Å². The van der Waals surface area contributed by atoms with E-state index in [0.29, 0.717) is 12.1 Å². The van der Waals surface area contributed by atoms with Crippen molar-refractivity contribution in [2.75, 3.05) is 7.11 Å². The summed E-state index contributed by atoms with van der Waals surface area (Å²) in [5.41, 5.74) is -1.32. The predicted octanol–water partition coefficient (Wildman–Crippen LogP) is 4.15. The summed E-state index contributed by atoms with van der Waals surface area (Å²) in [5, 5.41) is -2.82. The normalized spacial score (nSPS) is 13.8. The lowest BCUT2D eigenvalue weighted by Crippen LogP contribution is -2.32. The summed E-state index contributed by atoms with van der Waals surface area (Å²) in [7, 11) is 1.10. The highest BCUT2D eigenvalue weighted by Crippen LogP contribution is 2.43. The number of hydrogen-bond acceptors (Lipinski definition) is 1. The second kappa shape index (κ2) is 5.26. The molecule has 0 aliphatic rings. The number of alkyl halides is 5. The fraction of sp³-hybridized carbons (Fsp3) is 0.400. The van der Waals surface area contributed by atoms with Crippen LogP contribution < -0.4 is 4.74 Å². The lowest BCUT2D eigenvalue weighted by atomic mass is 10.0. The molecule has 0 aliphatic heterocycles. The van der Waals surface area contributed by atoms with Gasteiger partial charge in [0.2, 0.25) is 0 Å². The molecule has 1 aromatic rings. The van der Waals surface area contributed by atoms with E-state index in [1.165, 1.54) is 0 Å². The molecular weight excluding hydrogens is 286 g/mol. The Morgan fingerprint density at radius 1 is 1.17 bits per heavy atom. The fourth-order valence-corrected chi connectivity index (χ4v) is 1.53. The van der Waals surface area contributed by atoms with Crippen molar-refractivity contribution < 1.29 is 31.1 Å². The highest BCUT2D eigenvalue weighted by Gasteiger charge is 2.50. The minimum Gasteiger partial charge on any atom is -0.497 e. The lowest BCUT2D eigenvalue weighted by Gasteiger charge is -2.22. The van der Waals surface area contributed by atoms with Crippen LogP contribution in [0.1, 0.15) is 10.9 Å². The average Bonchev–Trinajstić information content (AvgIpc) is 2.27. The largest absolute Gasteiger partial charge is 0.497 e. The van der Waals surface area contributed by atoms with Crippen molar-refractivity contribution in [1.29, 1.82) is 0 Å². The molecule has 1 rings (SSSR count). The third-order valence-electron chi connectivity index (χ3n) is 2.17. The van der Waals surface area contributed by atoms with Crippen molar-refractivity contribution >= 4 is 11.6 Å². The Kier molecular flexibility index (Phi) is 4.37. The van der Waals surface area contributed by atoms with Crippen molar-refractivity contribution in [3.8, 4) is 5.75 Å². The van der Waals surface area contributed by atoms with E-state index >= 15 is 0 Å². The predicted molar refractivity (Wildman–Crippen MR) is 52.5 cm³/mol. The van der Waals surface area contributed by atoms with Gasteiger partial charge in [0.05, 0.1) is 7.11 Å². The van der Waals surface area contributed by atoms with E-state index in [4.69, 9.17) is 11.6 Å². The SMILES string of the molecule is COc1cc(F)c(C(Cl)C(F)(F)C(F)F)c(F)c1. The van der Waals surface area contributed by atoms with Crippen LogP contribution in [0.15, 0.2) is 12.1 Å². The molecule has 0 saturated heterocycles. The van der Waals surface area contributed by atoms with Gasteiger partial charge < -0.3 is 4.74 Å². The Hall–Kier alpha value is -1.11. The molecule has 1 atom stereocenters. The van der Waals surface area contributed by atoms with Crippen LogP contribution in [0, 0.1) is 11.6 Å². The minimum atomic E-state index is -4.75. The summed E-state index contributed by atoms with van der Waals surface area (Å²) in [6.45, 7) is 0. The molecule has 0 heterocycles. The standard InChI is InChI=1S/C10H7ClF6O/c1-18-4-2-5(12)7(6(13)3-4)8(11)10(16,17)9(14)15/h2-3,8-9H,1H3. The summed E-state index contributed by atoms with van der Waals surface area (Å²) in [4.78, 5) is 0. The monoisotopic (exact) mass is 292 g/mol. The van der Waals surface area contributed by atoms with Crippen molar-refractivity contribution in [2.24, 2.45) is 0 Å². The third-order valence-corrected chi connectivity index (χ3v) is 2.68. The van der Waals surface area contributed by atoms with Crippen LogP contribution in [-0.4, -0.2) is 19.5 Å². The van der Waals surface area contributed by atoms with Gasteiger partial charge in [0.25, 0.3) is 0 Å². The summed E-state index contributed by atoms with van der Waals surface area (Å²) in [6, 6.07) is 1.16. The number of rotatable bonds is 4. The number of hydrogen-bond donors (Lipinski definition) is 0. The maximum atomic E-state index is 13.4. The Morgan fingerprint density at radius 2 is 1.61 bits per heavy atom. The average molecular weight is 293 g/mol. The molecule has 0 saturated carbocycles. The van der Waals surface area contributed by atoms with Gasteiger partial charge in [-0.15, -0.1) is 11.6 Å². The van der Waals surface area contributed by atoms with E-state index in [9.17, 15) is 26.3 Å². The van der Waals surface area contributed by atoms with Gasteiger partial charge in [0.15, 0.2) is 0 Å². The smallest absolute Gasteiger partial charge is 0.327 e. The minimum absolute atomic E-state index is 0.280. The first-order chi connectivity index (χ1) is 8.21. The van der Waals surface area contributed by atoms with Crippen LogP contribution in [0.2, 0.25) is 0 Å². The summed E-state index contributed by atoms with van der Waals surface area (Å²) < 4.78 is 81.2. The molecule has 0 bridgehead atoms. The summed E-state index contributed by atoms with van der Waals surface area (Å²) in [5.74, 6) is -7.99. The maximum absolute atomic E-state index is 13.4. The Bertz CT molecular complexity index is 413. The Morgan fingerprint density at radius 3 is 1.94 bits per heavy atom. The van der Waals surface area contributed by atoms with Gasteiger partial charge in [-0.05, 0) is 0 Å². The molecule has 1 nitrogen and oxygen atoms in total. The first-order valence-corrected chi connectivity index (χ1v) is 4.98. The zero-order valence-electron chi connectivity index (χ0n) is 8.86. The van der Waals surface area contributed by atoms with Gasteiger partial charge in [0, 0.05) is 17.7 Å². The molecule has 0 aromatic heterocycles. The van der Waals surface area contributed by atoms with E-state index < -0.39 is 34.9 Å². The fourth-order valence-electron chi connectivity index (χ4n) is 1.22. The molecule has 1 aromatic carbocycles. The summed E-state index contributed by atoms with van der Waals surface area (Å²) in [6.07, 6.45) is -4.14. The zero-order valence-corrected chi connectivity index (χ0v) is 9.62. The number of halogens is 7. The molecule has 0 radical (unpaired) electrons. The van der Waals surface area contributed by atoms with Crippen LogP contribution in [0.25, 0.3) is 0 Å². The first kappa shape index (κ1) is 14.9. The van der Waals surface area contributed by atoms with Gasteiger partial charge in [0.1, 0.15) is 22.8 Å². The van der Waals surface area contributed by atoms with Crippen LogP contribution >= 0.6 is 11.6 Å². The van der Waals surface area contributed by atoms with Gasteiger partial charge in [-0.25, -0.2) is 17.6 Å². The summed E-state index contributed by atoms with van der Waals surface area (Å²) >= 11 is 5.05. The molecule has 0 fully saturated rings. The molecule has 0 spiro atoms. The molecule has 0 amide bonds. The van der Waals surface area contributed by atoms with Crippen LogP contribution in [0.3, 0.4) is 0 Å². The first-order valence-electron chi connectivity index (χ1n) is 4.54. The van der Waals surface area contributed by atoms with Crippen LogP contribution in [0.4, 0.5) is 26.3 Å². The third kappa shape index (κ3) is 2.66. The van der Waals surface area contributed by atoms with Gasteiger partial charge >= 0.3 is 12.3 Å². The van der Waals surface area contributed by atoms with Crippen molar-refractivity contribution in [2.45, 2.75) is 17.7 Å². The highest BCUT2D eigenvalue weighted by atomic mass is 35.5. The molecule has 1 unspecified atom stereocenters. The maximum Gasteiger partial charge on any atom is 0.327 e. The Balaban J connectivity index is 3.26. The second-order valence-corrected chi connectivity index (χ2v) is 3.78. The van der Waals surface area contributed by atoms with Crippen molar-refractivity contribution in [3.63, 3.8) is 0 Å². The molecule has 0 N–H and O–H groups in total. The number of methoxy groups -OCH3 is 1. The van der Waals surface area contributed by atoms with Gasteiger partial charge in [-0.2, -0.15) is 8.78 Å². The second-order valence-electron chi connectivity index (χ2n) is 3.34. The highest BCUT2D eigenvalue weighted by molar-refractivity contribution is 6.21. The van der Waals surface area contributed by atoms with Crippen molar-refractivity contribution in [1.82, 2.24) is 0 Å². The number of benzene rings is 1. The topological polar surface area (TPSA) is 9.23 Å². The molecule has 8 heteroatoms. The zero-order chi connectivity index (χ0) is 14.1. The van der Waals surface area contributed by atoms with E-state index in [-0.39, 0.29) is 5.75 Å².